The van der Waals surface area contributed by atoms with Gasteiger partial charge in [-0.1, -0.05) is 11.6 Å². The van der Waals surface area contributed by atoms with Crippen LogP contribution in [0, 0.1) is 0 Å². The summed E-state index contributed by atoms with van der Waals surface area (Å²) in [7, 11) is 0. The number of hydrogen-bond acceptors (Lipinski definition) is 6. The molecule has 1 saturated heterocycles. The highest BCUT2D eigenvalue weighted by Gasteiger charge is 2.26. The molecule has 4 heterocycles. The van der Waals surface area contributed by atoms with Gasteiger partial charge in [-0.25, -0.2) is 9.97 Å². The number of amides is 1. The van der Waals surface area contributed by atoms with Gasteiger partial charge < -0.3 is 14.5 Å². The second-order valence-electron chi connectivity index (χ2n) is 6.46. The zero-order chi connectivity index (χ0) is 17.9. The van der Waals surface area contributed by atoms with Crippen molar-refractivity contribution in [3.05, 3.63) is 35.0 Å². The van der Waals surface area contributed by atoms with Crippen molar-refractivity contribution in [3.63, 3.8) is 0 Å². The lowest BCUT2D eigenvalue weighted by Gasteiger charge is -2.33. The minimum absolute atomic E-state index is 0.105. The highest BCUT2D eigenvalue weighted by atomic mass is 35.5. The Morgan fingerprint density at radius 1 is 1.23 bits per heavy atom. The molecular formula is C17H21ClN6O2. The van der Waals surface area contributed by atoms with Gasteiger partial charge in [-0.05, 0) is 6.42 Å². The van der Waals surface area contributed by atoms with E-state index < -0.39 is 0 Å². The standard InChI is InChI=1S/C17H21ClN6O2/c18-13-9-21-24(10-13)4-2-16(25)23-3-1-14-15(11-23)19-12-20-17(14)22-5-7-26-8-6-22/h9-10,12H,1-8,11H2. The van der Waals surface area contributed by atoms with E-state index in [1.807, 2.05) is 4.90 Å². The fourth-order valence-corrected chi connectivity index (χ4v) is 3.58. The number of nitrogens with zero attached hydrogens (tertiary/aromatic N) is 6. The van der Waals surface area contributed by atoms with Crippen LogP contribution in [-0.2, 0) is 29.0 Å². The second-order valence-corrected chi connectivity index (χ2v) is 6.90. The fourth-order valence-electron chi connectivity index (χ4n) is 3.43. The van der Waals surface area contributed by atoms with Crippen LogP contribution in [0.2, 0.25) is 5.02 Å². The van der Waals surface area contributed by atoms with Crippen molar-refractivity contribution in [2.75, 3.05) is 37.7 Å². The minimum atomic E-state index is 0.105. The highest BCUT2D eigenvalue weighted by molar-refractivity contribution is 6.30. The zero-order valence-electron chi connectivity index (χ0n) is 14.5. The Labute approximate surface area is 156 Å². The Hall–Kier alpha value is -2.19. The second kappa shape index (κ2) is 7.59. The minimum Gasteiger partial charge on any atom is -0.378 e. The fraction of sp³-hybridized carbons (Fsp3) is 0.529. The summed E-state index contributed by atoms with van der Waals surface area (Å²) in [6, 6.07) is 0. The van der Waals surface area contributed by atoms with Gasteiger partial charge >= 0.3 is 0 Å². The monoisotopic (exact) mass is 376 g/mol. The smallest absolute Gasteiger partial charge is 0.224 e. The number of aromatic nitrogens is 4. The maximum Gasteiger partial charge on any atom is 0.224 e. The molecule has 9 heteroatoms. The first kappa shape index (κ1) is 17.2. The summed E-state index contributed by atoms with van der Waals surface area (Å²) >= 11 is 5.85. The Bertz CT molecular complexity index is 789. The van der Waals surface area contributed by atoms with Gasteiger partial charge in [0.25, 0.3) is 0 Å². The number of carbonyl (C=O) groups excluding carboxylic acids is 1. The first-order chi connectivity index (χ1) is 12.7. The van der Waals surface area contributed by atoms with Crippen LogP contribution in [0.5, 0.6) is 0 Å². The molecule has 0 N–H and O–H groups in total. The lowest BCUT2D eigenvalue weighted by atomic mass is 10.0. The number of fused-ring (bicyclic) bond motifs is 1. The third kappa shape index (κ3) is 3.66. The molecule has 0 bridgehead atoms. The molecule has 0 aromatic carbocycles. The van der Waals surface area contributed by atoms with Gasteiger partial charge in [-0.3, -0.25) is 9.48 Å². The molecule has 8 nitrogen and oxygen atoms in total. The van der Waals surface area contributed by atoms with Crippen molar-refractivity contribution in [2.45, 2.75) is 25.9 Å². The molecule has 0 spiro atoms. The molecule has 26 heavy (non-hydrogen) atoms. The quantitative estimate of drug-likeness (QED) is 0.796. The number of ether oxygens (including phenoxy) is 1. The highest BCUT2D eigenvalue weighted by Crippen LogP contribution is 2.26. The summed E-state index contributed by atoms with van der Waals surface area (Å²) in [5.41, 5.74) is 2.11. The van der Waals surface area contributed by atoms with E-state index in [2.05, 4.69) is 20.0 Å². The average molecular weight is 377 g/mol. The molecule has 0 unspecified atom stereocenters. The van der Waals surface area contributed by atoms with Gasteiger partial charge in [0.1, 0.15) is 12.1 Å². The maximum absolute atomic E-state index is 12.6. The van der Waals surface area contributed by atoms with E-state index in [1.165, 1.54) is 0 Å². The van der Waals surface area contributed by atoms with Crippen LogP contribution in [-0.4, -0.2) is 63.4 Å². The summed E-state index contributed by atoms with van der Waals surface area (Å²) < 4.78 is 7.12. The van der Waals surface area contributed by atoms with Crippen LogP contribution in [0.1, 0.15) is 17.7 Å². The molecule has 1 fully saturated rings. The molecule has 2 aliphatic rings. The molecule has 0 atom stereocenters. The van der Waals surface area contributed by atoms with Crippen LogP contribution < -0.4 is 4.90 Å². The number of anilines is 1. The van der Waals surface area contributed by atoms with Gasteiger partial charge in [0.15, 0.2) is 0 Å². The zero-order valence-corrected chi connectivity index (χ0v) is 15.2. The molecule has 0 saturated carbocycles. The predicted octanol–water partition coefficient (Wildman–Crippen LogP) is 1.14. The van der Waals surface area contributed by atoms with E-state index in [0.29, 0.717) is 31.1 Å². The first-order valence-corrected chi connectivity index (χ1v) is 9.19. The average Bonchev–Trinajstić information content (AvgIpc) is 3.11. The molecule has 138 valence electrons. The third-order valence-electron chi connectivity index (χ3n) is 4.80. The predicted molar refractivity (Wildman–Crippen MR) is 96.0 cm³/mol. The molecule has 4 rings (SSSR count). The molecular weight excluding hydrogens is 356 g/mol. The van der Waals surface area contributed by atoms with E-state index in [4.69, 9.17) is 16.3 Å². The van der Waals surface area contributed by atoms with Crippen molar-refractivity contribution in [2.24, 2.45) is 0 Å². The molecule has 0 aliphatic carbocycles. The molecule has 2 aliphatic heterocycles. The summed E-state index contributed by atoms with van der Waals surface area (Å²) in [4.78, 5) is 25.6. The summed E-state index contributed by atoms with van der Waals surface area (Å²) in [5, 5.41) is 4.69. The lowest BCUT2D eigenvalue weighted by Crippen LogP contribution is -2.40. The summed E-state index contributed by atoms with van der Waals surface area (Å²) in [5.74, 6) is 1.10. The summed E-state index contributed by atoms with van der Waals surface area (Å²) in [6.07, 6.45) is 6.08. The third-order valence-corrected chi connectivity index (χ3v) is 5.00. The normalized spacial score (nSPS) is 17.3. The number of carbonyl (C=O) groups is 1. The molecule has 2 aromatic heterocycles. The van der Waals surface area contributed by atoms with Crippen LogP contribution in [0.3, 0.4) is 0 Å². The van der Waals surface area contributed by atoms with Crippen LogP contribution in [0.25, 0.3) is 0 Å². The van der Waals surface area contributed by atoms with Crippen LogP contribution in [0.4, 0.5) is 5.82 Å². The number of rotatable bonds is 4. The van der Waals surface area contributed by atoms with Gasteiger partial charge in [-0.2, -0.15) is 5.10 Å². The SMILES string of the molecule is O=C(CCn1cc(Cl)cn1)N1CCc2c(ncnc2N2CCOCC2)C1. The van der Waals surface area contributed by atoms with Crippen LogP contribution >= 0.6 is 11.6 Å². The Balaban J connectivity index is 1.41. The van der Waals surface area contributed by atoms with E-state index in [9.17, 15) is 4.79 Å². The Morgan fingerprint density at radius 3 is 2.85 bits per heavy atom. The molecule has 2 aromatic rings. The largest absolute Gasteiger partial charge is 0.378 e. The number of halogens is 1. The van der Waals surface area contributed by atoms with Gasteiger partial charge in [0.2, 0.25) is 5.91 Å². The maximum atomic E-state index is 12.6. The number of aryl methyl sites for hydroxylation is 1. The van der Waals surface area contributed by atoms with Gasteiger partial charge in [0.05, 0.1) is 36.7 Å². The van der Waals surface area contributed by atoms with E-state index >= 15 is 0 Å². The van der Waals surface area contributed by atoms with E-state index in [1.54, 1.807) is 23.4 Å². The molecule has 1 amide bonds. The number of morpholine rings is 1. The topological polar surface area (TPSA) is 76.4 Å². The van der Waals surface area contributed by atoms with Gasteiger partial charge in [-0.15, -0.1) is 0 Å². The van der Waals surface area contributed by atoms with Gasteiger partial charge in [0, 0.05) is 44.4 Å². The lowest BCUT2D eigenvalue weighted by molar-refractivity contribution is -0.132. The Kier molecular flexibility index (Phi) is 5.03. The van der Waals surface area contributed by atoms with Crippen molar-refractivity contribution >= 4 is 23.3 Å². The van der Waals surface area contributed by atoms with E-state index in [0.717, 1.165) is 49.8 Å². The van der Waals surface area contributed by atoms with Crippen molar-refractivity contribution in [1.82, 2.24) is 24.6 Å². The summed E-state index contributed by atoms with van der Waals surface area (Å²) in [6.45, 7) is 4.89. The Morgan fingerprint density at radius 2 is 2.08 bits per heavy atom. The van der Waals surface area contributed by atoms with Crippen LogP contribution in [0.15, 0.2) is 18.7 Å². The molecule has 0 radical (unpaired) electrons. The van der Waals surface area contributed by atoms with Crippen molar-refractivity contribution in [3.8, 4) is 0 Å². The van der Waals surface area contributed by atoms with Crippen molar-refractivity contribution < 1.29 is 9.53 Å². The van der Waals surface area contributed by atoms with E-state index in [-0.39, 0.29) is 5.91 Å². The number of hydrogen-bond donors (Lipinski definition) is 0. The first-order valence-electron chi connectivity index (χ1n) is 8.82. The van der Waals surface area contributed by atoms with Crippen molar-refractivity contribution in [1.29, 1.82) is 0 Å².